The van der Waals surface area contributed by atoms with E-state index in [4.69, 9.17) is 4.74 Å². The van der Waals surface area contributed by atoms with Gasteiger partial charge in [-0.3, -0.25) is 29.8 Å². The van der Waals surface area contributed by atoms with Crippen LogP contribution >= 0.6 is 0 Å². The lowest BCUT2D eigenvalue weighted by Gasteiger charge is -2.10. The van der Waals surface area contributed by atoms with Gasteiger partial charge in [-0.15, -0.1) is 0 Å². The molecule has 0 aliphatic carbocycles. The average molecular weight is 308 g/mol. The number of rotatable bonds is 2. The van der Waals surface area contributed by atoms with Crippen molar-refractivity contribution in [1.29, 1.82) is 0 Å². The third-order valence-electron chi connectivity index (χ3n) is 3.67. The summed E-state index contributed by atoms with van der Waals surface area (Å²) in [4.78, 5) is 47.1. The van der Waals surface area contributed by atoms with Crippen LogP contribution < -0.4 is 15.4 Å². The van der Waals surface area contributed by atoms with Gasteiger partial charge < -0.3 is 4.74 Å². The molecule has 0 saturated carbocycles. The highest BCUT2D eigenvalue weighted by Gasteiger charge is 2.33. The molecule has 2 heterocycles. The van der Waals surface area contributed by atoms with Crippen molar-refractivity contribution in [3.63, 3.8) is 0 Å². The number of benzene rings is 2. The molecule has 0 aromatic heterocycles. The van der Waals surface area contributed by atoms with Crippen LogP contribution in [0.15, 0.2) is 36.4 Å². The summed E-state index contributed by atoms with van der Waals surface area (Å²) in [6.07, 6.45) is 0. The fourth-order valence-corrected chi connectivity index (χ4v) is 2.66. The number of amides is 4. The topological polar surface area (TPSA) is 102 Å². The molecule has 0 spiro atoms. The second-order valence-electron chi connectivity index (χ2n) is 5.03. The maximum atomic E-state index is 11.9. The van der Waals surface area contributed by atoms with Crippen LogP contribution in [0, 0.1) is 0 Å². The van der Waals surface area contributed by atoms with E-state index in [9.17, 15) is 19.2 Å². The molecule has 2 aliphatic heterocycles. The number of fused-ring (bicyclic) bond motifs is 2. The van der Waals surface area contributed by atoms with Crippen LogP contribution in [0.25, 0.3) is 0 Å². The van der Waals surface area contributed by atoms with E-state index in [0.717, 1.165) is 0 Å². The minimum atomic E-state index is -0.561. The van der Waals surface area contributed by atoms with Crippen molar-refractivity contribution >= 4 is 23.6 Å². The molecule has 2 aromatic rings. The highest BCUT2D eigenvalue weighted by atomic mass is 16.5. The van der Waals surface area contributed by atoms with Gasteiger partial charge in [0, 0.05) is 0 Å². The lowest BCUT2D eigenvalue weighted by atomic mass is 10.1. The number of ether oxygens (including phenoxy) is 1. The molecule has 2 aromatic carbocycles. The van der Waals surface area contributed by atoms with E-state index in [0.29, 0.717) is 0 Å². The van der Waals surface area contributed by atoms with Crippen LogP contribution in [-0.4, -0.2) is 23.6 Å². The molecule has 23 heavy (non-hydrogen) atoms. The van der Waals surface area contributed by atoms with Crippen LogP contribution in [-0.2, 0) is 0 Å². The van der Waals surface area contributed by atoms with Gasteiger partial charge in [0.05, 0.1) is 22.3 Å². The molecule has 7 nitrogen and oxygen atoms in total. The van der Waals surface area contributed by atoms with Crippen molar-refractivity contribution in [2.24, 2.45) is 0 Å². The molecule has 112 valence electrons. The molecule has 0 saturated heterocycles. The molecule has 0 bridgehead atoms. The average Bonchev–Trinajstić information content (AvgIpc) is 2.98. The van der Waals surface area contributed by atoms with E-state index in [1.807, 2.05) is 0 Å². The van der Waals surface area contributed by atoms with E-state index in [1.165, 1.54) is 24.3 Å². The fourth-order valence-electron chi connectivity index (χ4n) is 2.66. The van der Waals surface area contributed by atoms with Gasteiger partial charge in [0.25, 0.3) is 23.6 Å². The number of hydrogen-bond donors (Lipinski definition) is 2. The van der Waals surface area contributed by atoms with Crippen LogP contribution in [0.2, 0.25) is 0 Å². The highest BCUT2D eigenvalue weighted by Crippen LogP contribution is 2.34. The largest absolute Gasteiger partial charge is 0.456 e. The van der Waals surface area contributed by atoms with Gasteiger partial charge in [-0.2, -0.15) is 0 Å². The van der Waals surface area contributed by atoms with E-state index in [2.05, 4.69) is 10.6 Å². The SMILES string of the molecule is O=C1NC(=O)c2c(Oc3cccc4c3C(=O)NC4=O)cccc21. The van der Waals surface area contributed by atoms with Crippen molar-refractivity contribution in [2.45, 2.75) is 0 Å². The van der Waals surface area contributed by atoms with Crippen LogP contribution in [0.1, 0.15) is 41.4 Å². The Balaban J connectivity index is 1.83. The Bertz CT molecular complexity index is 857. The maximum absolute atomic E-state index is 11.9. The lowest BCUT2D eigenvalue weighted by Crippen LogP contribution is -2.20. The minimum Gasteiger partial charge on any atom is -0.456 e. The summed E-state index contributed by atoms with van der Waals surface area (Å²) in [5, 5.41) is 4.37. The second kappa shape index (κ2) is 4.51. The third-order valence-corrected chi connectivity index (χ3v) is 3.67. The van der Waals surface area contributed by atoms with Gasteiger partial charge in [-0.1, -0.05) is 12.1 Å². The van der Waals surface area contributed by atoms with Gasteiger partial charge in [0.15, 0.2) is 0 Å². The Labute approximate surface area is 129 Å². The van der Waals surface area contributed by atoms with Gasteiger partial charge >= 0.3 is 0 Å². The molecular formula is C16H8N2O5. The molecule has 4 amide bonds. The third kappa shape index (κ3) is 1.83. The number of carbonyl (C=O) groups excluding carboxylic acids is 4. The summed E-state index contributed by atoms with van der Waals surface area (Å²) >= 11 is 0. The van der Waals surface area contributed by atoms with E-state index < -0.39 is 23.6 Å². The Morgan fingerprint density at radius 2 is 1.04 bits per heavy atom. The molecule has 0 fully saturated rings. The normalized spacial score (nSPS) is 15.1. The van der Waals surface area contributed by atoms with E-state index >= 15 is 0 Å². The Morgan fingerprint density at radius 3 is 1.48 bits per heavy atom. The Hall–Kier alpha value is -3.48. The quantitative estimate of drug-likeness (QED) is 0.813. The molecule has 0 unspecified atom stereocenters. The predicted molar refractivity (Wildman–Crippen MR) is 76.6 cm³/mol. The summed E-state index contributed by atoms with van der Waals surface area (Å²) in [6.45, 7) is 0. The van der Waals surface area contributed by atoms with Crippen molar-refractivity contribution in [2.75, 3.05) is 0 Å². The number of carbonyl (C=O) groups is 4. The molecule has 2 aliphatic rings. The van der Waals surface area contributed by atoms with Crippen LogP contribution in [0.5, 0.6) is 11.5 Å². The minimum absolute atomic E-state index is 0.111. The predicted octanol–water partition coefficient (Wildman–Crippen LogP) is 1.25. The first-order valence-corrected chi connectivity index (χ1v) is 6.71. The monoisotopic (exact) mass is 308 g/mol. The van der Waals surface area contributed by atoms with E-state index in [-0.39, 0.29) is 33.8 Å². The maximum Gasteiger partial charge on any atom is 0.262 e. The summed E-state index contributed by atoms with van der Waals surface area (Å²) < 4.78 is 5.68. The van der Waals surface area contributed by atoms with Crippen LogP contribution in [0.3, 0.4) is 0 Å². The van der Waals surface area contributed by atoms with Gasteiger partial charge in [0.1, 0.15) is 11.5 Å². The Kier molecular flexibility index (Phi) is 2.59. The van der Waals surface area contributed by atoms with Crippen molar-refractivity contribution in [1.82, 2.24) is 10.6 Å². The molecular weight excluding hydrogens is 300 g/mol. The summed E-state index contributed by atoms with van der Waals surface area (Å²) in [6, 6.07) is 9.19. The first-order valence-electron chi connectivity index (χ1n) is 6.71. The van der Waals surface area contributed by atoms with Crippen molar-refractivity contribution < 1.29 is 23.9 Å². The van der Waals surface area contributed by atoms with E-state index in [1.54, 1.807) is 12.1 Å². The zero-order valence-electron chi connectivity index (χ0n) is 11.5. The lowest BCUT2D eigenvalue weighted by molar-refractivity contribution is 0.0863. The summed E-state index contributed by atoms with van der Waals surface area (Å²) in [5.41, 5.74) is 0.640. The number of nitrogens with one attached hydrogen (secondary N) is 2. The van der Waals surface area contributed by atoms with Gasteiger partial charge in [0.2, 0.25) is 0 Å². The summed E-state index contributed by atoms with van der Waals surface area (Å²) in [5.74, 6) is -1.83. The zero-order valence-corrected chi connectivity index (χ0v) is 11.5. The Morgan fingerprint density at radius 1 is 0.609 bits per heavy atom. The molecule has 4 rings (SSSR count). The molecule has 0 atom stereocenters. The fraction of sp³-hybridized carbons (Fsp3) is 0. The van der Waals surface area contributed by atoms with Crippen LogP contribution in [0.4, 0.5) is 0 Å². The molecule has 0 radical (unpaired) electrons. The number of imide groups is 2. The number of hydrogen-bond acceptors (Lipinski definition) is 5. The molecule has 2 N–H and O–H groups in total. The smallest absolute Gasteiger partial charge is 0.262 e. The first kappa shape index (κ1) is 13.2. The zero-order chi connectivity index (χ0) is 16.1. The highest BCUT2D eigenvalue weighted by molar-refractivity contribution is 6.23. The standard InChI is InChI=1S/C16H8N2O5/c19-13-7-3-1-5-9(11(7)15(21)17-13)23-10-6-2-4-8-12(10)16(22)18-14(8)20/h1-6H,(H,17,19,21)(H,18,20,22). The molecule has 7 heteroatoms. The first-order chi connectivity index (χ1) is 11.1. The van der Waals surface area contributed by atoms with Gasteiger partial charge in [-0.25, -0.2) is 0 Å². The van der Waals surface area contributed by atoms with Gasteiger partial charge in [-0.05, 0) is 24.3 Å². The second-order valence-corrected chi connectivity index (χ2v) is 5.03. The van der Waals surface area contributed by atoms with Crippen molar-refractivity contribution in [3.05, 3.63) is 58.7 Å². The van der Waals surface area contributed by atoms with Crippen molar-refractivity contribution in [3.8, 4) is 11.5 Å². The summed E-state index contributed by atoms with van der Waals surface area (Å²) in [7, 11) is 0.